The van der Waals surface area contributed by atoms with E-state index in [4.69, 9.17) is 4.74 Å². The van der Waals surface area contributed by atoms with Gasteiger partial charge < -0.3 is 4.74 Å². The molecule has 0 amide bonds. The van der Waals surface area contributed by atoms with Crippen molar-refractivity contribution in [1.29, 1.82) is 0 Å². The number of nitrogens with zero attached hydrogens (tertiary/aromatic N) is 2. The van der Waals surface area contributed by atoms with E-state index in [0.29, 0.717) is 0 Å². The van der Waals surface area contributed by atoms with Crippen molar-refractivity contribution in [3.63, 3.8) is 0 Å². The van der Waals surface area contributed by atoms with Crippen LogP contribution in [-0.4, -0.2) is 16.4 Å². The van der Waals surface area contributed by atoms with Gasteiger partial charge in [-0.3, -0.25) is 0 Å². The molecule has 0 radical (unpaired) electrons. The Balaban J connectivity index is 1.90. The van der Waals surface area contributed by atoms with Gasteiger partial charge in [0.15, 0.2) is 6.23 Å². The van der Waals surface area contributed by atoms with Gasteiger partial charge in [-0.15, -0.1) is 0 Å². The highest BCUT2D eigenvalue weighted by Gasteiger charge is 2.23. The average molecular weight is 329 g/mol. The number of hydrogen-bond acceptors (Lipinski definition) is 2. The second-order valence-electron chi connectivity index (χ2n) is 4.96. The van der Waals surface area contributed by atoms with Crippen molar-refractivity contribution in [2.24, 2.45) is 0 Å². The summed E-state index contributed by atoms with van der Waals surface area (Å²) in [6.07, 6.45) is 2.73. The van der Waals surface area contributed by atoms with Crippen molar-refractivity contribution in [1.82, 2.24) is 9.78 Å². The molecule has 0 N–H and O–H groups in total. The van der Waals surface area contributed by atoms with E-state index in [1.54, 1.807) is 0 Å². The molecule has 3 aromatic rings. The van der Waals surface area contributed by atoms with Gasteiger partial charge in [-0.25, -0.2) is 4.68 Å². The minimum atomic E-state index is -0.133. The Hall–Kier alpha value is -1.65. The van der Waals surface area contributed by atoms with Crippen molar-refractivity contribution in [3.05, 3.63) is 64.3 Å². The Morgan fingerprint density at radius 2 is 2.10 bits per heavy atom. The third kappa shape index (κ3) is 1.87. The molecule has 1 aliphatic heterocycles. The molecule has 1 unspecified atom stereocenters. The van der Waals surface area contributed by atoms with E-state index < -0.39 is 0 Å². The summed E-state index contributed by atoms with van der Waals surface area (Å²) < 4.78 is 9.00. The highest BCUT2D eigenvalue weighted by molar-refractivity contribution is 9.10. The SMILES string of the molecule is Brc1ccc2cnn(C3OCCc4ccccc43)c2c1. The number of benzene rings is 2. The Labute approximate surface area is 125 Å². The highest BCUT2D eigenvalue weighted by atomic mass is 79.9. The Kier molecular flexibility index (Phi) is 2.86. The molecule has 4 heteroatoms. The van der Waals surface area contributed by atoms with Crippen molar-refractivity contribution in [2.45, 2.75) is 12.6 Å². The van der Waals surface area contributed by atoms with Gasteiger partial charge in [-0.2, -0.15) is 5.10 Å². The number of hydrogen-bond donors (Lipinski definition) is 0. The average Bonchev–Trinajstić information content (AvgIpc) is 2.89. The van der Waals surface area contributed by atoms with Crippen LogP contribution in [0.25, 0.3) is 10.9 Å². The second-order valence-corrected chi connectivity index (χ2v) is 5.88. The lowest BCUT2D eigenvalue weighted by atomic mass is 10.0. The molecule has 20 heavy (non-hydrogen) atoms. The lowest BCUT2D eigenvalue weighted by Crippen LogP contribution is -2.23. The van der Waals surface area contributed by atoms with Crippen molar-refractivity contribution in [2.75, 3.05) is 6.61 Å². The second kappa shape index (κ2) is 4.72. The highest BCUT2D eigenvalue weighted by Crippen LogP contribution is 2.31. The molecule has 0 saturated heterocycles. The summed E-state index contributed by atoms with van der Waals surface area (Å²) in [5, 5.41) is 5.65. The van der Waals surface area contributed by atoms with Crippen LogP contribution in [-0.2, 0) is 11.2 Å². The smallest absolute Gasteiger partial charge is 0.176 e. The molecule has 4 rings (SSSR count). The molecule has 0 spiro atoms. The summed E-state index contributed by atoms with van der Waals surface area (Å²) in [6.45, 7) is 0.733. The maximum Gasteiger partial charge on any atom is 0.176 e. The molecule has 0 fully saturated rings. The summed E-state index contributed by atoms with van der Waals surface area (Å²) >= 11 is 3.53. The van der Waals surface area contributed by atoms with Crippen LogP contribution in [0.4, 0.5) is 0 Å². The first-order valence-corrected chi connectivity index (χ1v) is 7.44. The van der Waals surface area contributed by atoms with Gasteiger partial charge in [-0.1, -0.05) is 46.3 Å². The Morgan fingerprint density at radius 3 is 3.05 bits per heavy atom. The standard InChI is InChI=1S/C16H13BrN2O/c17-13-6-5-12-10-18-19(15(12)9-13)16-14-4-2-1-3-11(14)7-8-20-16/h1-6,9-10,16H,7-8H2. The molecule has 0 bridgehead atoms. The molecule has 0 saturated carbocycles. The fourth-order valence-electron chi connectivity index (χ4n) is 2.77. The molecule has 2 heterocycles. The first-order valence-electron chi connectivity index (χ1n) is 6.65. The van der Waals surface area contributed by atoms with Crippen LogP contribution in [0, 0.1) is 0 Å². The maximum atomic E-state index is 5.98. The molecule has 2 aromatic carbocycles. The van der Waals surface area contributed by atoms with Crippen LogP contribution in [0.2, 0.25) is 0 Å². The van der Waals surface area contributed by atoms with Crippen molar-refractivity contribution >= 4 is 26.8 Å². The largest absolute Gasteiger partial charge is 0.352 e. The number of ether oxygens (including phenoxy) is 1. The van der Waals surface area contributed by atoms with E-state index in [2.05, 4.69) is 57.4 Å². The predicted molar refractivity (Wildman–Crippen MR) is 81.7 cm³/mol. The fraction of sp³-hybridized carbons (Fsp3) is 0.188. The zero-order valence-electron chi connectivity index (χ0n) is 10.8. The van der Waals surface area contributed by atoms with E-state index in [1.807, 2.05) is 16.9 Å². The minimum absolute atomic E-state index is 0.133. The normalized spacial score (nSPS) is 18.1. The van der Waals surface area contributed by atoms with Crippen LogP contribution in [0.1, 0.15) is 17.4 Å². The van der Waals surface area contributed by atoms with Gasteiger partial charge in [-0.05, 0) is 24.1 Å². The van der Waals surface area contributed by atoms with Crippen LogP contribution in [0.15, 0.2) is 53.1 Å². The Morgan fingerprint density at radius 1 is 1.20 bits per heavy atom. The van der Waals surface area contributed by atoms with Crippen LogP contribution < -0.4 is 0 Å². The number of aromatic nitrogens is 2. The van der Waals surface area contributed by atoms with Crippen LogP contribution in [0.3, 0.4) is 0 Å². The summed E-state index contributed by atoms with van der Waals surface area (Å²) in [7, 11) is 0. The quantitative estimate of drug-likeness (QED) is 0.677. The maximum absolute atomic E-state index is 5.98. The zero-order valence-corrected chi connectivity index (χ0v) is 12.4. The third-order valence-electron chi connectivity index (χ3n) is 3.75. The monoisotopic (exact) mass is 328 g/mol. The lowest BCUT2D eigenvalue weighted by molar-refractivity contribution is 0.0169. The number of fused-ring (bicyclic) bond motifs is 2. The summed E-state index contributed by atoms with van der Waals surface area (Å²) in [5.74, 6) is 0. The van der Waals surface area contributed by atoms with Gasteiger partial charge in [0.2, 0.25) is 0 Å². The number of rotatable bonds is 1. The molecule has 3 nitrogen and oxygen atoms in total. The number of halogens is 1. The molecular weight excluding hydrogens is 316 g/mol. The van der Waals surface area contributed by atoms with Gasteiger partial charge in [0.1, 0.15) is 0 Å². The molecule has 100 valence electrons. The topological polar surface area (TPSA) is 27.1 Å². The molecular formula is C16H13BrN2O. The first kappa shape index (κ1) is 12.1. The molecule has 0 aliphatic carbocycles. The van der Waals surface area contributed by atoms with Crippen molar-refractivity contribution in [3.8, 4) is 0 Å². The minimum Gasteiger partial charge on any atom is -0.352 e. The predicted octanol–water partition coefficient (Wildman–Crippen LogP) is 3.92. The van der Waals surface area contributed by atoms with Gasteiger partial charge in [0.05, 0.1) is 18.3 Å². The third-order valence-corrected chi connectivity index (χ3v) is 4.24. The summed E-state index contributed by atoms with van der Waals surface area (Å²) in [4.78, 5) is 0. The fourth-order valence-corrected chi connectivity index (χ4v) is 3.12. The lowest BCUT2D eigenvalue weighted by Gasteiger charge is -2.26. The van der Waals surface area contributed by atoms with Gasteiger partial charge in [0, 0.05) is 15.4 Å². The van der Waals surface area contributed by atoms with Crippen LogP contribution >= 0.6 is 15.9 Å². The van der Waals surface area contributed by atoms with E-state index in [1.165, 1.54) is 11.1 Å². The van der Waals surface area contributed by atoms with E-state index in [-0.39, 0.29) is 6.23 Å². The summed E-state index contributed by atoms with van der Waals surface area (Å²) in [5.41, 5.74) is 3.65. The van der Waals surface area contributed by atoms with E-state index in [9.17, 15) is 0 Å². The first-order chi connectivity index (χ1) is 9.83. The molecule has 1 atom stereocenters. The van der Waals surface area contributed by atoms with Gasteiger partial charge in [0.25, 0.3) is 0 Å². The van der Waals surface area contributed by atoms with Gasteiger partial charge >= 0.3 is 0 Å². The molecule has 1 aromatic heterocycles. The van der Waals surface area contributed by atoms with E-state index >= 15 is 0 Å². The van der Waals surface area contributed by atoms with E-state index in [0.717, 1.165) is 28.4 Å². The molecule has 1 aliphatic rings. The zero-order chi connectivity index (χ0) is 13.5. The Bertz CT molecular complexity index is 781. The van der Waals surface area contributed by atoms with Crippen LogP contribution in [0.5, 0.6) is 0 Å². The summed E-state index contributed by atoms with van der Waals surface area (Å²) in [6, 6.07) is 14.6. The van der Waals surface area contributed by atoms with Crippen molar-refractivity contribution < 1.29 is 4.74 Å².